The number of carbonyl (C=O) groups is 1. The molecule has 2 heterocycles. The molecule has 0 aliphatic carbocycles. The summed E-state index contributed by atoms with van der Waals surface area (Å²) in [5.41, 5.74) is 7.11. The Morgan fingerprint density at radius 1 is 1.00 bits per heavy atom. The van der Waals surface area contributed by atoms with Gasteiger partial charge in [-0.25, -0.2) is 5.43 Å². The quantitative estimate of drug-likeness (QED) is 0.0628. The Balaban J connectivity index is 1.15. The van der Waals surface area contributed by atoms with E-state index >= 15 is 0 Å². The van der Waals surface area contributed by atoms with Crippen LogP contribution in [0.5, 0.6) is 17.2 Å². The molecule has 5 aromatic rings. The second kappa shape index (κ2) is 14.1. The third-order valence-corrected chi connectivity index (χ3v) is 7.57. The SMILES string of the molecule is COc1cc(/C=N/NC(=O)c2ccc(COc3ccc(-n4c(C)ccc4C)cc3)o2)cc(I)c1OCc1cccc([N+](=O)[O-])c1. The first-order chi connectivity index (χ1) is 21.7. The lowest BCUT2D eigenvalue weighted by atomic mass is 10.2. The van der Waals surface area contributed by atoms with Crippen molar-refractivity contribution in [1.29, 1.82) is 0 Å². The van der Waals surface area contributed by atoms with Crippen LogP contribution in [0.4, 0.5) is 5.69 Å². The molecule has 0 radical (unpaired) electrons. The van der Waals surface area contributed by atoms with E-state index < -0.39 is 10.8 Å². The highest BCUT2D eigenvalue weighted by molar-refractivity contribution is 14.1. The normalized spacial score (nSPS) is 11.0. The molecule has 45 heavy (non-hydrogen) atoms. The second-order valence-electron chi connectivity index (χ2n) is 9.95. The molecule has 0 saturated heterocycles. The second-order valence-corrected chi connectivity index (χ2v) is 11.1. The summed E-state index contributed by atoms with van der Waals surface area (Å²) in [5.74, 6) is 1.68. The highest BCUT2D eigenvalue weighted by atomic mass is 127. The van der Waals surface area contributed by atoms with Crippen LogP contribution in [0.1, 0.15) is 38.8 Å². The number of furan rings is 1. The largest absolute Gasteiger partial charge is 0.493 e. The number of carbonyl (C=O) groups excluding carboxylic acids is 1. The van der Waals surface area contributed by atoms with Crippen molar-refractivity contribution >= 4 is 40.4 Å². The zero-order chi connectivity index (χ0) is 31.9. The lowest BCUT2D eigenvalue weighted by molar-refractivity contribution is -0.384. The van der Waals surface area contributed by atoms with Crippen molar-refractivity contribution in [3.63, 3.8) is 0 Å². The van der Waals surface area contributed by atoms with Crippen molar-refractivity contribution in [1.82, 2.24) is 9.99 Å². The van der Waals surface area contributed by atoms with E-state index in [0.717, 1.165) is 20.6 Å². The van der Waals surface area contributed by atoms with Crippen molar-refractivity contribution in [2.45, 2.75) is 27.1 Å². The number of ether oxygens (including phenoxy) is 3. The number of benzene rings is 3. The summed E-state index contributed by atoms with van der Waals surface area (Å²) in [6.07, 6.45) is 1.47. The van der Waals surface area contributed by atoms with Gasteiger partial charge in [-0.05, 0) is 108 Å². The number of hydrazone groups is 1. The average molecular weight is 721 g/mol. The lowest BCUT2D eigenvalue weighted by Gasteiger charge is -2.13. The first-order valence-electron chi connectivity index (χ1n) is 13.8. The molecule has 0 aliphatic heterocycles. The molecule has 5 rings (SSSR count). The molecule has 0 atom stereocenters. The van der Waals surface area contributed by atoms with Crippen LogP contribution in [0.15, 0.2) is 94.4 Å². The molecule has 3 aromatic carbocycles. The van der Waals surface area contributed by atoms with Gasteiger partial charge >= 0.3 is 5.91 Å². The predicted octanol–water partition coefficient (Wildman–Crippen LogP) is 7.13. The Kier molecular flexibility index (Phi) is 9.82. The van der Waals surface area contributed by atoms with Crippen LogP contribution in [0.3, 0.4) is 0 Å². The number of nitrogens with one attached hydrogen (secondary N) is 1. The Bertz CT molecular complexity index is 1840. The lowest BCUT2D eigenvalue weighted by Crippen LogP contribution is -2.16. The topological polar surface area (TPSA) is 130 Å². The van der Waals surface area contributed by atoms with Crippen molar-refractivity contribution < 1.29 is 28.3 Å². The number of nitrogens with zero attached hydrogens (tertiary/aromatic N) is 3. The Labute approximate surface area is 272 Å². The van der Waals surface area contributed by atoms with Crippen LogP contribution in [0.2, 0.25) is 0 Å². The summed E-state index contributed by atoms with van der Waals surface area (Å²) in [4.78, 5) is 23.2. The fourth-order valence-corrected chi connectivity index (χ4v) is 5.37. The molecular weight excluding hydrogens is 691 g/mol. The molecule has 0 bridgehead atoms. The molecule has 12 heteroatoms. The molecule has 0 aliphatic rings. The number of amides is 1. The first kappa shape index (κ1) is 31.3. The monoisotopic (exact) mass is 720 g/mol. The molecule has 230 valence electrons. The van der Waals surface area contributed by atoms with Crippen molar-refractivity contribution in [2.24, 2.45) is 5.10 Å². The molecule has 0 saturated carbocycles. The maximum atomic E-state index is 12.6. The van der Waals surface area contributed by atoms with E-state index in [1.54, 1.807) is 36.4 Å². The molecule has 0 spiro atoms. The zero-order valence-corrected chi connectivity index (χ0v) is 26.8. The number of hydrogen-bond donors (Lipinski definition) is 1. The van der Waals surface area contributed by atoms with E-state index in [2.05, 4.69) is 63.7 Å². The Morgan fingerprint density at radius 3 is 2.47 bits per heavy atom. The third kappa shape index (κ3) is 7.70. The molecule has 2 aromatic heterocycles. The van der Waals surface area contributed by atoms with Gasteiger partial charge in [0.1, 0.15) is 24.7 Å². The van der Waals surface area contributed by atoms with Gasteiger partial charge < -0.3 is 23.2 Å². The predicted molar refractivity (Wildman–Crippen MR) is 176 cm³/mol. The van der Waals surface area contributed by atoms with E-state index in [1.807, 2.05) is 24.3 Å². The number of aromatic nitrogens is 1. The Morgan fingerprint density at radius 2 is 1.76 bits per heavy atom. The number of methoxy groups -OCH3 is 1. The van der Waals surface area contributed by atoms with Crippen LogP contribution in [-0.2, 0) is 13.2 Å². The first-order valence-corrected chi connectivity index (χ1v) is 14.8. The fourth-order valence-electron chi connectivity index (χ4n) is 4.59. The van der Waals surface area contributed by atoms with E-state index in [1.165, 1.54) is 25.5 Å². The van der Waals surface area contributed by atoms with E-state index in [9.17, 15) is 14.9 Å². The molecule has 0 unspecified atom stereocenters. The number of aryl methyl sites for hydroxylation is 2. The van der Waals surface area contributed by atoms with Gasteiger partial charge in [-0.15, -0.1) is 0 Å². The van der Waals surface area contributed by atoms with Crippen molar-refractivity contribution in [3.8, 4) is 22.9 Å². The zero-order valence-electron chi connectivity index (χ0n) is 24.7. The van der Waals surface area contributed by atoms with Crippen LogP contribution in [0, 0.1) is 27.5 Å². The third-order valence-electron chi connectivity index (χ3n) is 6.77. The summed E-state index contributed by atoms with van der Waals surface area (Å²) < 4.78 is 25.8. The fraction of sp³-hybridized carbons (Fsp3) is 0.152. The highest BCUT2D eigenvalue weighted by Gasteiger charge is 2.14. The molecule has 1 N–H and O–H groups in total. The van der Waals surface area contributed by atoms with Crippen LogP contribution in [-0.4, -0.2) is 28.7 Å². The van der Waals surface area contributed by atoms with E-state index in [4.69, 9.17) is 18.6 Å². The van der Waals surface area contributed by atoms with Gasteiger partial charge in [0.05, 0.1) is 21.8 Å². The standard InChI is InChI=1S/C33H29IN4O7/c1-21-7-8-22(2)37(21)25-9-11-27(12-10-25)43-20-28-13-14-30(45-28)33(39)36-35-18-24-16-29(34)32(31(17-24)42-3)44-19-23-5-4-6-26(15-23)38(40)41/h4-18H,19-20H2,1-3H3,(H,36,39)/b35-18+. The summed E-state index contributed by atoms with van der Waals surface area (Å²) in [6.45, 7) is 4.40. The molecule has 0 fully saturated rings. The van der Waals surface area contributed by atoms with Gasteiger partial charge in [0, 0.05) is 29.2 Å². The minimum atomic E-state index is -0.516. The minimum Gasteiger partial charge on any atom is -0.493 e. The van der Waals surface area contributed by atoms with Crippen LogP contribution >= 0.6 is 22.6 Å². The summed E-state index contributed by atoms with van der Waals surface area (Å²) in [5, 5.41) is 15.1. The number of nitro benzene ring substituents is 1. The molecule has 11 nitrogen and oxygen atoms in total. The van der Waals surface area contributed by atoms with Gasteiger partial charge in [-0.1, -0.05) is 12.1 Å². The number of non-ortho nitro benzene ring substituents is 1. The summed E-state index contributed by atoms with van der Waals surface area (Å²) in [7, 11) is 1.51. The number of halogens is 1. The van der Waals surface area contributed by atoms with Gasteiger partial charge in [0.2, 0.25) is 0 Å². The van der Waals surface area contributed by atoms with Crippen molar-refractivity contribution in [3.05, 3.63) is 133 Å². The van der Waals surface area contributed by atoms with Crippen molar-refractivity contribution in [2.75, 3.05) is 7.11 Å². The van der Waals surface area contributed by atoms with Crippen LogP contribution in [0.25, 0.3) is 5.69 Å². The molecule has 1 amide bonds. The summed E-state index contributed by atoms with van der Waals surface area (Å²) >= 11 is 2.10. The maximum absolute atomic E-state index is 12.6. The van der Waals surface area contributed by atoms with Gasteiger partial charge in [-0.3, -0.25) is 14.9 Å². The van der Waals surface area contributed by atoms with Gasteiger partial charge in [-0.2, -0.15) is 5.10 Å². The number of nitro groups is 1. The van der Waals surface area contributed by atoms with Gasteiger partial charge in [0.15, 0.2) is 17.3 Å². The number of hydrogen-bond acceptors (Lipinski definition) is 8. The Hall–Kier alpha value is -5.11. The smallest absolute Gasteiger partial charge is 0.307 e. The molecular formula is C33H29IN4O7. The van der Waals surface area contributed by atoms with E-state index in [-0.39, 0.29) is 24.7 Å². The number of rotatable bonds is 12. The average Bonchev–Trinajstić information content (AvgIpc) is 3.65. The maximum Gasteiger partial charge on any atom is 0.307 e. The van der Waals surface area contributed by atoms with Crippen LogP contribution < -0.4 is 19.6 Å². The minimum absolute atomic E-state index is 0.00887. The van der Waals surface area contributed by atoms with E-state index in [0.29, 0.717) is 34.1 Å². The highest BCUT2D eigenvalue weighted by Crippen LogP contribution is 2.34. The summed E-state index contributed by atoms with van der Waals surface area (Å²) in [6, 6.07) is 24.9. The van der Waals surface area contributed by atoms with Gasteiger partial charge in [0.25, 0.3) is 5.69 Å².